The average Bonchev–Trinajstić information content (AvgIpc) is 2.64. The maximum atomic E-state index is 12.7. The number of hydrogen-bond acceptors (Lipinski definition) is 3. The van der Waals surface area contributed by atoms with Crippen LogP contribution in [0.4, 0.5) is 0 Å². The Balaban J connectivity index is 2.02. The molecule has 1 aromatic carbocycles. The number of carbonyl (C=O) groups is 2. The van der Waals surface area contributed by atoms with Crippen molar-refractivity contribution in [3.05, 3.63) is 42.0 Å². The molecule has 4 nitrogen and oxygen atoms in total. The number of piperidine rings is 1. The molecule has 1 N–H and O–H groups in total. The Kier molecular flexibility index (Phi) is 7.38. The molecule has 1 atom stereocenters. The van der Waals surface area contributed by atoms with Crippen molar-refractivity contribution >= 4 is 17.3 Å². The summed E-state index contributed by atoms with van der Waals surface area (Å²) in [6.07, 6.45) is 5.30. The normalized spacial score (nSPS) is 15.7. The third-order valence-corrected chi connectivity index (χ3v) is 4.87. The van der Waals surface area contributed by atoms with Crippen LogP contribution in [0.2, 0.25) is 0 Å². The summed E-state index contributed by atoms with van der Waals surface area (Å²) in [4.78, 5) is 25.9. The molecule has 1 saturated heterocycles. The lowest BCUT2D eigenvalue weighted by Gasteiger charge is -2.30. The zero-order valence-electron chi connectivity index (χ0n) is 15.5. The van der Waals surface area contributed by atoms with Crippen LogP contribution in [0.3, 0.4) is 0 Å². The number of nitrogens with one attached hydrogen (secondary N) is 1. The Morgan fingerprint density at radius 2 is 1.92 bits per heavy atom. The minimum absolute atomic E-state index is 0.180. The van der Waals surface area contributed by atoms with E-state index in [0.29, 0.717) is 19.3 Å². The van der Waals surface area contributed by atoms with E-state index in [-0.39, 0.29) is 17.7 Å². The first-order valence-corrected chi connectivity index (χ1v) is 9.24. The lowest BCUT2D eigenvalue weighted by atomic mass is 9.97. The summed E-state index contributed by atoms with van der Waals surface area (Å²) in [5.41, 5.74) is 3.14. The number of ketones is 1. The van der Waals surface area contributed by atoms with Crippen LogP contribution in [0, 0.1) is 0 Å². The van der Waals surface area contributed by atoms with Gasteiger partial charge in [-0.05, 0) is 62.8 Å². The summed E-state index contributed by atoms with van der Waals surface area (Å²) < 4.78 is 0. The zero-order valence-corrected chi connectivity index (χ0v) is 15.5. The quantitative estimate of drug-likeness (QED) is 0.789. The van der Waals surface area contributed by atoms with Gasteiger partial charge in [-0.25, -0.2) is 0 Å². The third-order valence-electron chi connectivity index (χ3n) is 4.87. The van der Waals surface area contributed by atoms with Gasteiger partial charge in [-0.1, -0.05) is 30.8 Å². The Hall–Kier alpha value is -1.94. The molecule has 1 aliphatic rings. The SMILES string of the molecule is C=C(CCC(C)=O)c1cccc(CC(NC)C(=O)N2CCCCC2)c1. The standard InChI is InChI=1S/C21H30N2O2/c1-16(10-11-17(2)24)19-9-7-8-18(14-19)15-20(22-3)21(25)23-12-5-4-6-13-23/h7-9,14,20,22H,1,4-6,10-13,15H2,2-3H3. The number of rotatable bonds is 8. The first kappa shape index (κ1) is 19.4. The molecule has 1 aromatic rings. The smallest absolute Gasteiger partial charge is 0.240 e. The van der Waals surface area contributed by atoms with Crippen LogP contribution in [0.1, 0.15) is 50.2 Å². The maximum absolute atomic E-state index is 12.7. The van der Waals surface area contributed by atoms with Crippen LogP contribution < -0.4 is 5.32 Å². The van der Waals surface area contributed by atoms with Crippen molar-refractivity contribution in [3.8, 4) is 0 Å². The second kappa shape index (κ2) is 9.52. The van der Waals surface area contributed by atoms with Crippen LogP contribution in [-0.2, 0) is 16.0 Å². The van der Waals surface area contributed by atoms with Gasteiger partial charge in [0, 0.05) is 19.5 Å². The van der Waals surface area contributed by atoms with Gasteiger partial charge < -0.3 is 15.0 Å². The topological polar surface area (TPSA) is 49.4 Å². The van der Waals surface area contributed by atoms with E-state index in [2.05, 4.69) is 24.0 Å². The molecule has 4 heteroatoms. The van der Waals surface area contributed by atoms with Crippen molar-refractivity contribution in [1.29, 1.82) is 0 Å². The van der Waals surface area contributed by atoms with E-state index in [4.69, 9.17) is 0 Å². The predicted octanol–water partition coefficient (Wildman–Crippen LogP) is 3.21. The van der Waals surface area contributed by atoms with Crippen molar-refractivity contribution in [2.75, 3.05) is 20.1 Å². The number of hydrogen-bond donors (Lipinski definition) is 1. The second-order valence-electron chi connectivity index (χ2n) is 6.94. The summed E-state index contributed by atoms with van der Waals surface area (Å²) in [5, 5.41) is 3.18. The van der Waals surface area contributed by atoms with Crippen molar-refractivity contribution in [2.24, 2.45) is 0 Å². The molecular formula is C21H30N2O2. The predicted molar refractivity (Wildman–Crippen MR) is 102 cm³/mol. The number of benzene rings is 1. The molecule has 1 unspecified atom stereocenters. The van der Waals surface area contributed by atoms with Crippen LogP contribution in [0.25, 0.3) is 5.57 Å². The van der Waals surface area contributed by atoms with Gasteiger partial charge in [-0.15, -0.1) is 0 Å². The molecule has 0 radical (unpaired) electrons. The van der Waals surface area contributed by atoms with E-state index in [1.807, 2.05) is 24.1 Å². The van der Waals surface area contributed by atoms with Crippen molar-refractivity contribution in [1.82, 2.24) is 10.2 Å². The number of amides is 1. The monoisotopic (exact) mass is 342 g/mol. The Morgan fingerprint density at radius 3 is 2.56 bits per heavy atom. The first-order chi connectivity index (χ1) is 12.0. The summed E-state index contributed by atoms with van der Waals surface area (Å²) in [6.45, 7) is 7.46. The van der Waals surface area contributed by atoms with Gasteiger partial charge in [0.2, 0.25) is 5.91 Å². The highest BCUT2D eigenvalue weighted by atomic mass is 16.2. The molecule has 1 fully saturated rings. The Labute approximate surface area is 151 Å². The number of nitrogens with zero attached hydrogens (tertiary/aromatic N) is 1. The van der Waals surface area contributed by atoms with Gasteiger partial charge in [-0.2, -0.15) is 0 Å². The Morgan fingerprint density at radius 1 is 1.20 bits per heavy atom. The fraction of sp³-hybridized carbons (Fsp3) is 0.524. The highest BCUT2D eigenvalue weighted by Crippen LogP contribution is 2.20. The second-order valence-corrected chi connectivity index (χ2v) is 6.94. The Bertz CT molecular complexity index is 618. The third kappa shape index (κ3) is 5.82. The van der Waals surface area contributed by atoms with Crippen LogP contribution >= 0.6 is 0 Å². The van der Waals surface area contributed by atoms with Crippen molar-refractivity contribution in [2.45, 2.75) is 51.5 Å². The highest BCUT2D eigenvalue weighted by molar-refractivity contribution is 5.82. The van der Waals surface area contributed by atoms with Gasteiger partial charge in [0.15, 0.2) is 0 Å². The van der Waals surface area contributed by atoms with Crippen LogP contribution in [-0.4, -0.2) is 42.8 Å². The molecule has 0 aromatic heterocycles. The minimum atomic E-state index is -0.196. The highest BCUT2D eigenvalue weighted by Gasteiger charge is 2.24. The fourth-order valence-corrected chi connectivity index (χ4v) is 3.27. The maximum Gasteiger partial charge on any atom is 0.240 e. The molecule has 0 saturated carbocycles. The zero-order chi connectivity index (χ0) is 18.2. The van der Waals surface area contributed by atoms with Crippen molar-refractivity contribution < 1.29 is 9.59 Å². The molecule has 25 heavy (non-hydrogen) atoms. The summed E-state index contributed by atoms with van der Waals surface area (Å²) in [7, 11) is 1.85. The number of allylic oxidation sites excluding steroid dienone is 1. The van der Waals surface area contributed by atoms with Crippen molar-refractivity contribution in [3.63, 3.8) is 0 Å². The molecule has 0 spiro atoms. The van der Waals surface area contributed by atoms with E-state index < -0.39 is 0 Å². The molecule has 136 valence electrons. The first-order valence-electron chi connectivity index (χ1n) is 9.24. The number of Topliss-reactive ketones (excluding diaryl/α,β-unsaturated/α-hetero) is 1. The summed E-state index contributed by atoms with van der Waals surface area (Å²) >= 11 is 0. The summed E-state index contributed by atoms with van der Waals surface area (Å²) in [5.74, 6) is 0.377. The van der Waals surface area contributed by atoms with Crippen LogP contribution in [0.15, 0.2) is 30.8 Å². The van der Waals surface area contributed by atoms with Gasteiger partial charge >= 0.3 is 0 Å². The minimum Gasteiger partial charge on any atom is -0.341 e. The van der Waals surface area contributed by atoms with Gasteiger partial charge in [0.25, 0.3) is 0 Å². The fourth-order valence-electron chi connectivity index (χ4n) is 3.27. The number of likely N-dealkylation sites (N-methyl/N-ethyl adjacent to an activating group) is 1. The van der Waals surface area contributed by atoms with E-state index in [1.54, 1.807) is 6.92 Å². The lowest BCUT2D eigenvalue weighted by Crippen LogP contribution is -2.48. The van der Waals surface area contributed by atoms with Gasteiger partial charge in [0.05, 0.1) is 6.04 Å². The van der Waals surface area contributed by atoms with Gasteiger partial charge in [0.1, 0.15) is 5.78 Å². The summed E-state index contributed by atoms with van der Waals surface area (Å²) in [6, 6.07) is 7.97. The molecule has 1 aliphatic heterocycles. The molecule has 0 bridgehead atoms. The van der Waals surface area contributed by atoms with E-state index in [1.165, 1.54) is 6.42 Å². The molecule has 1 amide bonds. The number of likely N-dealkylation sites (tertiary alicyclic amines) is 1. The average molecular weight is 342 g/mol. The van der Waals surface area contributed by atoms with Gasteiger partial charge in [-0.3, -0.25) is 4.79 Å². The van der Waals surface area contributed by atoms with E-state index >= 15 is 0 Å². The van der Waals surface area contributed by atoms with E-state index in [9.17, 15) is 9.59 Å². The largest absolute Gasteiger partial charge is 0.341 e. The van der Waals surface area contributed by atoms with Crippen LogP contribution in [0.5, 0.6) is 0 Å². The number of carbonyl (C=O) groups excluding carboxylic acids is 2. The molecular weight excluding hydrogens is 312 g/mol. The molecule has 1 heterocycles. The molecule has 2 rings (SSSR count). The van der Waals surface area contributed by atoms with E-state index in [0.717, 1.165) is 42.6 Å². The lowest BCUT2D eigenvalue weighted by molar-refractivity contribution is -0.134. The molecule has 0 aliphatic carbocycles.